The second kappa shape index (κ2) is 7.21. The number of nitrogens with one attached hydrogen (secondary N) is 1. The van der Waals surface area contributed by atoms with Crippen LogP contribution in [0, 0.1) is 0 Å². The zero-order chi connectivity index (χ0) is 10.2. The van der Waals surface area contributed by atoms with Crippen molar-refractivity contribution in [1.29, 1.82) is 0 Å². The Kier molecular flexibility index (Phi) is 6.15. The third-order valence-electron chi connectivity index (χ3n) is 2.96. The van der Waals surface area contributed by atoms with Gasteiger partial charge in [-0.1, -0.05) is 0 Å². The summed E-state index contributed by atoms with van der Waals surface area (Å²) in [7, 11) is 4.22. The molecule has 1 saturated heterocycles. The van der Waals surface area contributed by atoms with Crippen molar-refractivity contribution in [2.24, 2.45) is 0 Å². The Labute approximate surface area is 88.5 Å². The molecule has 84 valence electrons. The van der Waals surface area contributed by atoms with Crippen LogP contribution in [0.1, 0.15) is 19.3 Å². The summed E-state index contributed by atoms with van der Waals surface area (Å²) < 4.78 is 0. The van der Waals surface area contributed by atoms with Crippen LogP contribution in [0.3, 0.4) is 0 Å². The molecule has 0 aromatic rings. The van der Waals surface area contributed by atoms with Gasteiger partial charge in [-0.3, -0.25) is 0 Å². The standard InChI is InChI=1S/C11H25N3/c1-12-6-11-13(2)7-5-10-14-8-3-4-9-14/h12H,3-11H2,1-2H3. The topological polar surface area (TPSA) is 18.5 Å². The molecule has 0 spiro atoms. The quantitative estimate of drug-likeness (QED) is 0.648. The van der Waals surface area contributed by atoms with E-state index in [0.717, 1.165) is 13.1 Å². The first-order valence-electron chi connectivity index (χ1n) is 5.88. The van der Waals surface area contributed by atoms with Crippen LogP contribution < -0.4 is 5.32 Å². The molecule has 1 fully saturated rings. The number of rotatable bonds is 7. The van der Waals surface area contributed by atoms with E-state index in [1.165, 1.54) is 45.4 Å². The van der Waals surface area contributed by atoms with Crippen molar-refractivity contribution in [3.8, 4) is 0 Å². The molecule has 0 amide bonds. The zero-order valence-corrected chi connectivity index (χ0v) is 9.76. The Morgan fingerprint density at radius 1 is 1.21 bits per heavy atom. The van der Waals surface area contributed by atoms with E-state index in [0.29, 0.717) is 0 Å². The number of nitrogens with zero attached hydrogens (tertiary/aromatic N) is 2. The lowest BCUT2D eigenvalue weighted by molar-refractivity contribution is 0.280. The summed E-state index contributed by atoms with van der Waals surface area (Å²) in [6.45, 7) is 7.46. The highest BCUT2D eigenvalue weighted by Crippen LogP contribution is 2.07. The maximum atomic E-state index is 3.18. The fraction of sp³-hybridized carbons (Fsp3) is 1.00. The average Bonchev–Trinajstić information content (AvgIpc) is 2.67. The van der Waals surface area contributed by atoms with Crippen molar-refractivity contribution in [3.63, 3.8) is 0 Å². The highest BCUT2D eigenvalue weighted by molar-refractivity contribution is 4.66. The molecular formula is C11H25N3. The Morgan fingerprint density at radius 2 is 1.93 bits per heavy atom. The maximum Gasteiger partial charge on any atom is 0.0104 e. The molecule has 14 heavy (non-hydrogen) atoms. The van der Waals surface area contributed by atoms with E-state index in [1.54, 1.807) is 0 Å². The molecule has 3 nitrogen and oxygen atoms in total. The number of likely N-dealkylation sites (tertiary alicyclic amines) is 1. The van der Waals surface area contributed by atoms with Crippen LogP contribution in [0.4, 0.5) is 0 Å². The minimum absolute atomic E-state index is 1.10. The summed E-state index contributed by atoms with van der Waals surface area (Å²) in [6.07, 6.45) is 4.14. The molecule has 3 heteroatoms. The predicted octanol–water partition coefficient (Wildman–Crippen LogP) is 0.624. The van der Waals surface area contributed by atoms with E-state index in [4.69, 9.17) is 0 Å². The first kappa shape index (κ1) is 12.0. The minimum atomic E-state index is 1.10. The minimum Gasteiger partial charge on any atom is -0.318 e. The molecule has 1 aliphatic rings. The van der Waals surface area contributed by atoms with Gasteiger partial charge in [-0.2, -0.15) is 0 Å². The Balaban J connectivity index is 1.91. The van der Waals surface area contributed by atoms with Gasteiger partial charge in [0.2, 0.25) is 0 Å². The third-order valence-corrected chi connectivity index (χ3v) is 2.96. The average molecular weight is 199 g/mol. The zero-order valence-electron chi connectivity index (χ0n) is 9.76. The van der Waals surface area contributed by atoms with Crippen molar-refractivity contribution in [2.45, 2.75) is 19.3 Å². The fourth-order valence-corrected chi connectivity index (χ4v) is 1.98. The number of likely N-dealkylation sites (N-methyl/N-ethyl adjacent to an activating group) is 2. The maximum absolute atomic E-state index is 3.18. The van der Waals surface area contributed by atoms with Crippen LogP contribution in [0.2, 0.25) is 0 Å². The van der Waals surface area contributed by atoms with E-state index < -0.39 is 0 Å². The normalized spacial score (nSPS) is 18.2. The molecule has 0 bridgehead atoms. The van der Waals surface area contributed by atoms with Gasteiger partial charge in [-0.05, 0) is 59.5 Å². The molecule has 1 rings (SSSR count). The van der Waals surface area contributed by atoms with Crippen molar-refractivity contribution in [1.82, 2.24) is 15.1 Å². The molecule has 1 heterocycles. The summed E-state index contributed by atoms with van der Waals surface area (Å²) in [5, 5.41) is 3.18. The molecule has 0 atom stereocenters. The van der Waals surface area contributed by atoms with Crippen LogP contribution in [0.5, 0.6) is 0 Å². The van der Waals surface area contributed by atoms with Gasteiger partial charge < -0.3 is 15.1 Å². The Bertz CT molecular complexity index is 132. The molecule has 0 saturated carbocycles. The van der Waals surface area contributed by atoms with Crippen LogP contribution in [0.25, 0.3) is 0 Å². The van der Waals surface area contributed by atoms with E-state index in [2.05, 4.69) is 22.2 Å². The second-order valence-electron chi connectivity index (χ2n) is 4.31. The molecule has 0 aliphatic carbocycles. The largest absolute Gasteiger partial charge is 0.318 e. The van der Waals surface area contributed by atoms with Crippen LogP contribution in [0.15, 0.2) is 0 Å². The van der Waals surface area contributed by atoms with Gasteiger partial charge in [0.05, 0.1) is 0 Å². The van der Waals surface area contributed by atoms with Gasteiger partial charge in [0.15, 0.2) is 0 Å². The summed E-state index contributed by atoms with van der Waals surface area (Å²) in [5.41, 5.74) is 0. The SMILES string of the molecule is CNCCN(C)CCCN1CCCC1. The molecular weight excluding hydrogens is 174 g/mol. The summed E-state index contributed by atoms with van der Waals surface area (Å²) >= 11 is 0. The van der Waals surface area contributed by atoms with Crippen molar-refractivity contribution < 1.29 is 0 Å². The van der Waals surface area contributed by atoms with Gasteiger partial charge in [-0.15, -0.1) is 0 Å². The monoisotopic (exact) mass is 199 g/mol. The van der Waals surface area contributed by atoms with Crippen molar-refractivity contribution >= 4 is 0 Å². The second-order valence-corrected chi connectivity index (χ2v) is 4.31. The van der Waals surface area contributed by atoms with Gasteiger partial charge in [-0.25, -0.2) is 0 Å². The molecule has 0 aromatic carbocycles. The van der Waals surface area contributed by atoms with E-state index in [-0.39, 0.29) is 0 Å². The first-order chi connectivity index (χ1) is 6.83. The van der Waals surface area contributed by atoms with Crippen molar-refractivity contribution in [2.75, 3.05) is 53.4 Å². The van der Waals surface area contributed by atoms with Crippen LogP contribution in [-0.4, -0.2) is 63.2 Å². The van der Waals surface area contributed by atoms with Gasteiger partial charge in [0, 0.05) is 13.1 Å². The van der Waals surface area contributed by atoms with E-state index in [1.807, 2.05) is 7.05 Å². The molecule has 0 unspecified atom stereocenters. The van der Waals surface area contributed by atoms with E-state index in [9.17, 15) is 0 Å². The Morgan fingerprint density at radius 3 is 2.57 bits per heavy atom. The number of hydrogen-bond acceptors (Lipinski definition) is 3. The molecule has 0 radical (unpaired) electrons. The molecule has 1 aliphatic heterocycles. The fourth-order valence-electron chi connectivity index (χ4n) is 1.98. The van der Waals surface area contributed by atoms with Crippen LogP contribution in [-0.2, 0) is 0 Å². The first-order valence-corrected chi connectivity index (χ1v) is 5.88. The summed E-state index contributed by atoms with van der Waals surface area (Å²) in [6, 6.07) is 0. The smallest absolute Gasteiger partial charge is 0.0104 e. The van der Waals surface area contributed by atoms with Crippen molar-refractivity contribution in [3.05, 3.63) is 0 Å². The summed E-state index contributed by atoms with van der Waals surface area (Å²) in [4.78, 5) is 5.00. The van der Waals surface area contributed by atoms with Gasteiger partial charge in [0.1, 0.15) is 0 Å². The third kappa shape index (κ3) is 4.94. The van der Waals surface area contributed by atoms with E-state index >= 15 is 0 Å². The lowest BCUT2D eigenvalue weighted by atomic mass is 10.3. The molecule has 1 N–H and O–H groups in total. The summed E-state index contributed by atoms with van der Waals surface area (Å²) in [5.74, 6) is 0. The number of hydrogen-bond donors (Lipinski definition) is 1. The lowest BCUT2D eigenvalue weighted by Crippen LogP contribution is -2.30. The highest BCUT2D eigenvalue weighted by Gasteiger charge is 2.10. The van der Waals surface area contributed by atoms with Crippen LogP contribution >= 0.6 is 0 Å². The molecule has 0 aromatic heterocycles. The van der Waals surface area contributed by atoms with Gasteiger partial charge >= 0.3 is 0 Å². The Hall–Kier alpha value is -0.120. The predicted molar refractivity (Wildman–Crippen MR) is 61.7 cm³/mol. The lowest BCUT2D eigenvalue weighted by Gasteiger charge is -2.19. The van der Waals surface area contributed by atoms with Gasteiger partial charge in [0.25, 0.3) is 0 Å². The highest BCUT2D eigenvalue weighted by atomic mass is 15.1.